The van der Waals surface area contributed by atoms with Crippen LogP contribution >= 0.6 is 0 Å². The zero-order chi connectivity index (χ0) is 18.6. The molecular weight excluding hydrogens is 310 g/mol. The molecule has 0 bridgehead atoms. The van der Waals surface area contributed by atoms with Gasteiger partial charge in [0.25, 0.3) is 0 Å². The molecule has 0 saturated carbocycles. The second kappa shape index (κ2) is 19.0. The molecule has 3 nitrogen and oxygen atoms in total. The molecule has 0 aromatic heterocycles. The van der Waals surface area contributed by atoms with Gasteiger partial charge in [0, 0.05) is 13.0 Å². The molecule has 25 heavy (non-hydrogen) atoms. The quantitative estimate of drug-likeness (QED) is 0.163. The summed E-state index contributed by atoms with van der Waals surface area (Å²) in [5.74, 6) is -0.280. The van der Waals surface area contributed by atoms with Gasteiger partial charge in [0.05, 0.1) is 6.07 Å². The van der Waals surface area contributed by atoms with E-state index in [1.807, 2.05) is 6.07 Å². The van der Waals surface area contributed by atoms with E-state index in [4.69, 9.17) is 10.00 Å². The lowest BCUT2D eigenvalue weighted by molar-refractivity contribution is -0.144. The summed E-state index contributed by atoms with van der Waals surface area (Å²) in [7, 11) is 0. The third kappa shape index (κ3) is 18.9. The molecule has 0 spiro atoms. The standard InChI is InChI=1S/C22H39NO2/c1-3-4-5-6-7-8-9-10-11-12-13-14-15-16-18-22(19-17-20-23)25-21(2)24/h17,19,22H,3-16,18H2,1-2H3/b19-17+. The summed E-state index contributed by atoms with van der Waals surface area (Å²) in [6.07, 6.45) is 22.4. The van der Waals surface area contributed by atoms with E-state index >= 15 is 0 Å². The Morgan fingerprint density at radius 2 is 1.32 bits per heavy atom. The maximum absolute atomic E-state index is 11.0. The van der Waals surface area contributed by atoms with Gasteiger partial charge < -0.3 is 4.74 Å². The molecular formula is C22H39NO2. The highest BCUT2D eigenvalue weighted by Gasteiger charge is 2.07. The van der Waals surface area contributed by atoms with Crippen LogP contribution in [0.4, 0.5) is 0 Å². The van der Waals surface area contributed by atoms with Gasteiger partial charge in [-0.15, -0.1) is 0 Å². The van der Waals surface area contributed by atoms with Gasteiger partial charge in [-0.1, -0.05) is 90.4 Å². The molecule has 0 aliphatic carbocycles. The Balaban J connectivity index is 3.38. The Hall–Kier alpha value is -1.30. The van der Waals surface area contributed by atoms with Gasteiger partial charge in [-0.3, -0.25) is 4.79 Å². The highest BCUT2D eigenvalue weighted by Crippen LogP contribution is 2.14. The number of carbonyl (C=O) groups excluding carboxylic acids is 1. The van der Waals surface area contributed by atoms with Crippen molar-refractivity contribution in [3.63, 3.8) is 0 Å². The Bertz CT molecular complexity index is 371. The molecule has 0 radical (unpaired) electrons. The zero-order valence-electron chi connectivity index (χ0n) is 16.6. The Morgan fingerprint density at radius 3 is 1.72 bits per heavy atom. The van der Waals surface area contributed by atoms with E-state index in [1.165, 1.54) is 96.5 Å². The molecule has 0 heterocycles. The second-order valence-electron chi connectivity index (χ2n) is 7.02. The van der Waals surface area contributed by atoms with Crippen LogP contribution in [0.3, 0.4) is 0 Å². The monoisotopic (exact) mass is 349 g/mol. The van der Waals surface area contributed by atoms with E-state index in [2.05, 4.69) is 6.92 Å². The topological polar surface area (TPSA) is 50.1 Å². The molecule has 0 N–H and O–H groups in total. The van der Waals surface area contributed by atoms with Crippen molar-refractivity contribution in [2.24, 2.45) is 0 Å². The van der Waals surface area contributed by atoms with Crippen LogP contribution in [0.15, 0.2) is 12.2 Å². The molecule has 0 aromatic rings. The number of hydrogen-bond acceptors (Lipinski definition) is 3. The Kier molecular flexibility index (Phi) is 18.0. The Labute approximate surface area is 155 Å². The van der Waals surface area contributed by atoms with Crippen molar-refractivity contribution in [2.75, 3.05) is 0 Å². The molecule has 0 aliphatic heterocycles. The summed E-state index contributed by atoms with van der Waals surface area (Å²) in [6.45, 7) is 3.68. The van der Waals surface area contributed by atoms with Crippen molar-refractivity contribution in [3.8, 4) is 6.07 Å². The molecule has 1 unspecified atom stereocenters. The summed E-state index contributed by atoms with van der Waals surface area (Å²) in [5, 5.41) is 8.57. The van der Waals surface area contributed by atoms with Crippen molar-refractivity contribution in [1.29, 1.82) is 5.26 Å². The van der Waals surface area contributed by atoms with Crippen molar-refractivity contribution in [3.05, 3.63) is 12.2 Å². The van der Waals surface area contributed by atoms with Crippen molar-refractivity contribution < 1.29 is 9.53 Å². The number of carbonyl (C=O) groups is 1. The number of ether oxygens (including phenoxy) is 1. The fourth-order valence-corrected chi connectivity index (χ4v) is 3.10. The van der Waals surface area contributed by atoms with Gasteiger partial charge in [0.15, 0.2) is 0 Å². The predicted octanol–water partition coefficient (Wildman–Crippen LogP) is 6.87. The smallest absolute Gasteiger partial charge is 0.303 e. The van der Waals surface area contributed by atoms with Crippen LogP contribution in [0.1, 0.15) is 110 Å². The average Bonchev–Trinajstić information content (AvgIpc) is 2.59. The molecule has 0 amide bonds. The first kappa shape index (κ1) is 23.7. The summed E-state index contributed by atoms with van der Waals surface area (Å²) >= 11 is 0. The van der Waals surface area contributed by atoms with E-state index in [9.17, 15) is 4.79 Å². The lowest BCUT2D eigenvalue weighted by atomic mass is 10.0. The molecule has 3 heteroatoms. The normalized spacial score (nSPS) is 12.2. The SMILES string of the molecule is CCCCCCCCCCCCCCCCC(/C=C/C#N)OC(C)=O. The number of hydrogen-bond donors (Lipinski definition) is 0. The minimum absolute atomic E-state index is 0.241. The first-order valence-electron chi connectivity index (χ1n) is 10.4. The molecule has 144 valence electrons. The molecule has 0 rings (SSSR count). The van der Waals surface area contributed by atoms with Gasteiger partial charge in [-0.2, -0.15) is 5.26 Å². The van der Waals surface area contributed by atoms with Crippen molar-refractivity contribution in [2.45, 2.75) is 116 Å². The summed E-state index contributed by atoms with van der Waals surface area (Å²) in [6, 6.07) is 1.95. The lowest BCUT2D eigenvalue weighted by Crippen LogP contribution is -2.13. The summed E-state index contributed by atoms with van der Waals surface area (Å²) < 4.78 is 5.19. The van der Waals surface area contributed by atoms with Crippen LogP contribution in [-0.2, 0) is 9.53 Å². The fraction of sp³-hybridized carbons (Fsp3) is 0.818. The number of rotatable bonds is 17. The zero-order valence-corrected chi connectivity index (χ0v) is 16.6. The van der Waals surface area contributed by atoms with Gasteiger partial charge in [-0.25, -0.2) is 0 Å². The second-order valence-corrected chi connectivity index (χ2v) is 7.02. The van der Waals surface area contributed by atoms with Crippen LogP contribution in [0.25, 0.3) is 0 Å². The van der Waals surface area contributed by atoms with Crippen LogP contribution < -0.4 is 0 Å². The minimum atomic E-state index is -0.280. The number of allylic oxidation sites excluding steroid dienone is 1. The number of esters is 1. The number of unbranched alkanes of at least 4 members (excludes halogenated alkanes) is 13. The minimum Gasteiger partial charge on any atom is -0.458 e. The lowest BCUT2D eigenvalue weighted by Gasteiger charge is -2.12. The predicted molar refractivity (Wildman–Crippen MR) is 105 cm³/mol. The third-order valence-electron chi connectivity index (χ3n) is 4.54. The van der Waals surface area contributed by atoms with Crippen molar-refractivity contribution >= 4 is 5.97 Å². The van der Waals surface area contributed by atoms with Crippen LogP contribution in [0, 0.1) is 11.3 Å². The van der Waals surface area contributed by atoms with Crippen LogP contribution in [0.2, 0.25) is 0 Å². The summed E-state index contributed by atoms with van der Waals surface area (Å²) in [5.41, 5.74) is 0. The van der Waals surface area contributed by atoms with E-state index in [0.29, 0.717) is 0 Å². The largest absolute Gasteiger partial charge is 0.458 e. The number of nitriles is 1. The van der Waals surface area contributed by atoms with E-state index in [0.717, 1.165) is 12.8 Å². The van der Waals surface area contributed by atoms with E-state index in [-0.39, 0.29) is 12.1 Å². The molecule has 0 fully saturated rings. The first-order chi connectivity index (χ1) is 12.2. The Morgan fingerprint density at radius 1 is 0.880 bits per heavy atom. The molecule has 1 atom stereocenters. The van der Waals surface area contributed by atoms with Gasteiger partial charge in [0.1, 0.15) is 6.10 Å². The highest BCUT2D eigenvalue weighted by atomic mass is 16.5. The fourth-order valence-electron chi connectivity index (χ4n) is 3.10. The first-order valence-corrected chi connectivity index (χ1v) is 10.4. The molecule has 0 aliphatic rings. The molecule has 0 saturated heterocycles. The van der Waals surface area contributed by atoms with Crippen LogP contribution in [0.5, 0.6) is 0 Å². The average molecular weight is 350 g/mol. The van der Waals surface area contributed by atoms with E-state index in [1.54, 1.807) is 6.08 Å². The van der Waals surface area contributed by atoms with Gasteiger partial charge in [-0.05, 0) is 18.9 Å². The van der Waals surface area contributed by atoms with E-state index < -0.39 is 0 Å². The maximum Gasteiger partial charge on any atom is 0.303 e. The van der Waals surface area contributed by atoms with Gasteiger partial charge in [0.2, 0.25) is 0 Å². The highest BCUT2D eigenvalue weighted by molar-refractivity contribution is 5.66. The van der Waals surface area contributed by atoms with Gasteiger partial charge >= 0.3 is 5.97 Å². The maximum atomic E-state index is 11.0. The molecule has 0 aromatic carbocycles. The third-order valence-corrected chi connectivity index (χ3v) is 4.54. The van der Waals surface area contributed by atoms with Crippen LogP contribution in [-0.4, -0.2) is 12.1 Å². The summed E-state index contributed by atoms with van der Waals surface area (Å²) in [4.78, 5) is 11.0. The number of nitrogens with zero attached hydrogens (tertiary/aromatic N) is 1. The van der Waals surface area contributed by atoms with Crippen molar-refractivity contribution in [1.82, 2.24) is 0 Å².